The summed E-state index contributed by atoms with van der Waals surface area (Å²) in [6.07, 6.45) is 1.55. The fraction of sp³-hybridized carbons (Fsp3) is 0.889. The zero-order chi connectivity index (χ0) is 9.90. The van der Waals surface area contributed by atoms with Gasteiger partial charge in [-0.15, -0.1) is 0 Å². The summed E-state index contributed by atoms with van der Waals surface area (Å²) in [7, 11) is 0. The van der Waals surface area contributed by atoms with Crippen LogP contribution >= 0.6 is 15.9 Å². The largest absolute Gasteiger partial charge is 0.376 e. The molecule has 1 saturated heterocycles. The zero-order valence-corrected chi connectivity index (χ0v) is 9.69. The van der Waals surface area contributed by atoms with Crippen LogP contribution in [0.2, 0.25) is 0 Å². The molecule has 1 amide bonds. The van der Waals surface area contributed by atoms with Gasteiger partial charge in [-0.3, -0.25) is 4.79 Å². The summed E-state index contributed by atoms with van der Waals surface area (Å²) in [4.78, 5) is 11.4. The normalized spacial score (nSPS) is 33.3. The van der Waals surface area contributed by atoms with E-state index in [1.807, 2.05) is 13.8 Å². The first-order chi connectivity index (χ1) is 6.08. The van der Waals surface area contributed by atoms with E-state index in [-0.39, 0.29) is 17.6 Å². The Balaban J connectivity index is 2.46. The van der Waals surface area contributed by atoms with E-state index in [0.717, 1.165) is 13.0 Å². The van der Waals surface area contributed by atoms with Gasteiger partial charge in [0.15, 0.2) is 0 Å². The lowest BCUT2D eigenvalue weighted by Gasteiger charge is -2.28. The highest BCUT2D eigenvalue weighted by atomic mass is 79.9. The van der Waals surface area contributed by atoms with Crippen molar-refractivity contribution in [2.24, 2.45) is 0 Å². The van der Waals surface area contributed by atoms with Crippen LogP contribution < -0.4 is 5.32 Å². The van der Waals surface area contributed by atoms with Crippen molar-refractivity contribution in [1.29, 1.82) is 0 Å². The summed E-state index contributed by atoms with van der Waals surface area (Å²) in [6, 6.07) is 0. The highest BCUT2D eigenvalue weighted by molar-refractivity contribution is 9.09. The van der Waals surface area contributed by atoms with Gasteiger partial charge in [-0.05, 0) is 20.3 Å². The molecular formula is C9H16BrNO2. The molecule has 0 aromatic rings. The van der Waals surface area contributed by atoms with Gasteiger partial charge in [0.25, 0.3) is 0 Å². The van der Waals surface area contributed by atoms with E-state index in [0.29, 0.717) is 11.8 Å². The van der Waals surface area contributed by atoms with Crippen LogP contribution in [0.25, 0.3) is 0 Å². The first kappa shape index (κ1) is 11.0. The van der Waals surface area contributed by atoms with Crippen molar-refractivity contribution >= 4 is 21.8 Å². The number of alkyl halides is 1. The van der Waals surface area contributed by atoms with Gasteiger partial charge < -0.3 is 10.1 Å². The molecular weight excluding hydrogens is 234 g/mol. The number of carbonyl (C=O) groups excluding carboxylic acids is 1. The highest BCUT2D eigenvalue weighted by Gasteiger charge is 2.37. The summed E-state index contributed by atoms with van der Waals surface area (Å²) in [6.45, 7) is 4.78. The molecule has 0 radical (unpaired) electrons. The Labute approximate surface area is 87.3 Å². The molecule has 2 atom stereocenters. The lowest BCUT2D eigenvalue weighted by Crippen LogP contribution is -2.50. The average Bonchev–Trinajstić information content (AvgIpc) is 2.32. The zero-order valence-electron chi connectivity index (χ0n) is 8.10. The third kappa shape index (κ3) is 2.68. The second-order valence-corrected chi connectivity index (χ2v) is 4.46. The maximum atomic E-state index is 11.4. The molecule has 1 N–H and O–H groups in total. The second-order valence-electron chi connectivity index (χ2n) is 3.67. The van der Waals surface area contributed by atoms with Crippen LogP contribution in [0.1, 0.15) is 26.7 Å². The Hall–Kier alpha value is -0.0900. The Bertz CT molecular complexity index is 198. The molecule has 0 aromatic heterocycles. The Morgan fingerprint density at radius 3 is 2.92 bits per heavy atom. The molecule has 1 fully saturated rings. The maximum Gasteiger partial charge on any atom is 0.221 e. The van der Waals surface area contributed by atoms with Crippen LogP contribution in [0.3, 0.4) is 0 Å². The third-order valence-corrected chi connectivity index (χ3v) is 3.03. The van der Waals surface area contributed by atoms with Crippen molar-refractivity contribution in [3.05, 3.63) is 0 Å². The molecule has 13 heavy (non-hydrogen) atoms. The molecule has 1 rings (SSSR count). The van der Waals surface area contributed by atoms with E-state index in [4.69, 9.17) is 4.74 Å². The number of carbonyl (C=O) groups is 1. The van der Waals surface area contributed by atoms with Gasteiger partial charge in [-0.1, -0.05) is 15.9 Å². The van der Waals surface area contributed by atoms with E-state index in [2.05, 4.69) is 21.2 Å². The van der Waals surface area contributed by atoms with Crippen LogP contribution in [-0.2, 0) is 9.53 Å². The van der Waals surface area contributed by atoms with Gasteiger partial charge in [-0.25, -0.2) is 0 Å². The quantitative estimate of drug-likeness (QED) is 0.770. The van der Waals surface area contributed by atoms with Crippen LogP contribution in [0.5, 0.6) is 0 Å². The Kier molecular flexibility index (Phi) is 3.74. The molecule has 0 aliphatic carbocycles. The van der Waals surface area contributed by atoms with Gasteiger partial charge >= 0.3 is 0 Å². The van der Waals surface area contributed by atoms with Gasteiger partial charge in [0.05, 0.1) is 11.6 Å². The van der Waals surface area contributed by atoms with Crippen molar-refractivity contribution < 1.29 is 9.53 Å². The van der Waals surface area contributed by atoms with Crippen LogP contribution in [0.4, 0.5) is 0 Å². The number of hydrogen-bond donors (Lipinski definition) is 1. The molecule has 1 heterocycles. The molecule has 76 valence electrons. The van der Waals surface area contributed by atoms with Crippen molar-refractivity contribution in [1.82, 2.24) is 5.32 Å². The topological polar surface area (TPSA) is 38.3 Å². The minimum absolute atomic E-state index is 0.0942. The Morgan fingerprint density at radius 2 is 2.46 bits per heavy atom. The monoisotopic (exact) mass is 249 g/mol. The number of amides is 1. The molecule has 2 unspecified atom stereocenters. The molecule has 0 saturated carbocycles. The summed E-state index contributed by atoms with van der Waals surface area (Å²) in [5, 5.41) is 3.72. The predicted molar refractivity (Wildman–Crippen MR) is 55.0 cm³/mol. The maximum absolute atomic E-state index is 11.4. The molecule has 0 aromatic carbocycles. The van der Waals surface area contributed by atoms with Gasteiger partial charge in [-0.2, -0.15) is 0 Å². The SMILES string of the molecule is CC1OCCC1(C)NC(=O)CCBr. The fourth-order valence-corrected chi connectivity index (χ4v) is 1.83. The van der Waals surface area contributed by atoms with Crippen LogP contribution in [-0.4, -0.2) is 29.5 Å². The first-order valence-electron chi connectivity index (χ1n) is 4.57. The molecule has 0 bridgehead atoms. The second kappa shape index (κ2) is 4.42. The number of rotatable bonds is 3. The summed E-state index contributed by atoms with van der Waals surface area (Å²) in [5.74, 6) is 0.0942. The smallest absolute Gasteiger partial charge is 0.221 e. The van der Waals surface area contributed by atoms with Gasteiger partial charge in [0.1, 0.15) is 0 Å². The van der Waals surface area contributed by atoms with Gasteiger partial charge in [0.2, 0.25) is 5.91 Å². The number of hydrogen-bond acceptors (Lipinski definition) is 2. The lowest BCUT2D eigenvalue weighted by atomic mass is 9.94. The average molecular weight is 250 g/mol. The summed E-state index contributed by atoms with van der Waals surface area (Å²) in [5.41, 5.74) is -0.167. The summed E-state index contributed by atoms with van der Waals surface area (Å²) >= 11 is 3.24. The van der Waals surface area contributed by atoms with E-state index >= 15 is 0 Å². The van der Waals surface area contributed by atoms with Crippen molar-refractivity contribution in [2.45, 2.75) is 38.3 Å². The van der Waals surface area contributed by atoms with E-state index in [1.165, 1.54) is 0 Å². The molecule has 1 aliphatic heterocycles. The van der Waals surface area contributed by atoms with E-state index < -0.39 is 0 Å². The minimum Gasteiger partial charge on any atom is -0.376 e. The summed E-state index contributed by atoms with van der Waals surface area (Å²) < 4.78 is 5.42. The number of halogens is 1. The molecule has 4 heteroatoms. The number of ether oxygens (including phenoxy) is 1. The van der Waals surface area contributed by atoms with E-state index in [9.17, 15) is 4.79 Å². The third-order valence-electron chi connectivity index (χ3n) is 2.63. The fourth-order valence-electron chi connectivity index (χ4n) is 1.47. The van der Waals surface area contributed by atoms with Crippen molar-refractivity contribution in [2.75, 3.05) is 11.9 Å². The predicted octanol–water partition coefficient (Wildman–Crippen LogP) is 1.46. The van der Waals surface area contributed by atoms with Crippen molar-refractivity contribution in [3.63, 3.8) is 0 Å². The van der Waals surface area contributed by atoms with Crippen LogP contribution in [0, 0.1) is 0 Å². The molecule has 3 nitrogen and oxygen atoms in total. The van der Waals surface area contributed by atoms with Gasteiger partial charge in [0, 0.05) is 18.4 Å². The lowest BCUT2D eigenvalue weighted by molar-refractivity contribution is -0.123. The van der Waals surface area contributed by atoms with Crippen molar-refractivity contribution in [3.8, 4) is 0 Å². The standard InChI is InChI=1S/C9H16BrNO2/c1-7-9(2,4-6-13-7)11-8(12)3-5-10/h7H,3-6H2,1-2H3,(H,11,12). The first-order valence-corrected chi connectivity index (χ1v) is 5.69. The highest BCUT2D eigenvalue weighted by Crippen LogP contribution is 2.24. The minimum atomic E-state index is -0.167. The molecule has 1 aliphatic rings. The molecule has 0 spiro atoms. The van der Waals surface area contributed by atoms with Crippen LogP contribution in [0.15, 0.2) is 0 Å². The number of nitrogens with one attached hydrogen (secondary N) is 1. The Morgan fingerprint density at radius 1 is 1.77 bits per heavy atom. The van der Waals surface area contributed by atoms with E-state index in [1.54, 1.807) is 0 Å².